The number of hydrogen-bond donors (Lipinski definition) is 3. The Balaban J connectivity index is 2.19. The maximum absolute atomic E-state index is 12.6. The zero-order valence-corrected chi connectivity index (χ0v) is 9.09. The highest BCUT2D eigenvalue weighted by Gasteiger charge is 2.12. The topological polar surface area (TPSA) is 82.5 Å². The van der Waals surface area contributed by atoms with Gasteiger partial charge in [-0.3, -0.25) is 4.79 Å². The van der Waals surface area contributed by atoms with Crippen molar-refractivity contribution in [2.45, 2.75) is 0 Å². The molecule has 5 nitrogen and oxygen atoms in total. The van der Waals surface area contributed by atoms with Gasteiger partial charge in [0, 0.05) is 6.07 Å². The minimum Gasteiger partial charge on any atom is -0.508 e. The molecule has 18 heavy (non-hydrogen) atoms. The molecule has 0 aliphatic heterocycles. The molecule has 1 amide bonds. The van der Waals surface area contributed by atoms with Crippen molar-refractivity contribution < 1.29 is 19.4 Å². The first-order valence-electron chi connectivity index (χ1n) is 5.01. The molecular formula is C12H9FN2O3. The van der Waals surface area contributed by atoms with E-state index in [0.29, 0.717) is 0 Å². The Kier molecular flexibility index (Phi) is 3.09. The lowest BCUT2D eigenvalue weighted by atomic mass is 10.2. The summed E-state index contributed by atoms with van der Waals surface area (Å²) in [5.74, 6) is -1.46. The Bertz CT molecular complexity index is 584. The molecule has 0 bridgehead atoms. The molecule has 1 aromatic carbocycles. The van der Waals surface area contributed by atoms with Crippen LogP contribution in [0.2, 0.25) is 0 Å². The molecule has 2 rings (SSSR count). The Morgan fingerprint density at radius 1 is 1.22 bits per heavy atom. The van der Waals surface area contributed by atoms with E-state index in [1.807, 2.05) is 0 Å². The van der Waals surface area contributed by atoms with Crippen molar-refractivity contribution >= 4 is 11.7 Å². The third-order valence-corrected chi connectivity index (χ3v) is 2.19. The molecule has 0 unspecified atom stereocenters. The maximum atomic E-state index is 12.6. The molecule has 0 saturated heterocycles. The molecule has 0 saturated carbocycles. The van der Waals surface area contributed by atoms with Crippen LogP contribution in [0.3, 0.4) is 0 Å². The number of nitrogens with zero attached hydrogens (tertiary/aromatic N) is 1. The first kappa shape index (κ1) is 11.8. The van der Waals surface area contributed by atoms with Crippen LogP contribution in [-0.2, 0) is 0 Å². The van der Waals surface area contributed by atoms with E-state index in [4.69, 9.17) is 5.11 Å². The summed E-state index contributed by atoms with van der Waals surface area (Å²) in [6.45, 7) is 0. The number of benzene rings is 1. The SMILES string of the molecule is O=C(Nc1ccc(F)cn1)c1ccc(O)cc1O. The number of rotatable bonds is 2. The van der Waals surface area contributed by atoms with E-state index in [0.717, 1.165) is 18.3 Å². The predicted octanol–water partition coefficient (Wildman–Crippen LogP) is 1.88. The number of phenols is 2. The van der Waals surface area contributed by atoms with Gasteiger partial charge in [0.2, 0.25) is 0 Å². The number of halogens is 1. The number of aromatic hydroxyl groups is 2. The van der Waals surface area contributed by atoms with E-state index < -0.39 is 11.7 Å². The van der Waals surface area contributed by atoms with Gasteiger partial charge >= 0.3 is 0 Å². The lowest BCUT2D eigenvalue weighted by Gasteiger charge is -2.06. The van der Waals surface area contributed by atoms with Crippen molar-refractivity contribution in [2.75, 3.05) is 5.32 Å². The largest absolute Gasteiger partial charge is 0.508 e. The second-order valence-electron chi connectivity index (χ2n) is 3.52. The normalized spacial score (nSPS) is 10.1. The Hall–Kier alpha value is -2.63. The summed E-state index contributed by atoms with van der Waals surface area (Å²) in [7, 11) is 0. The quantitative estimate of drug-likeness (QED) is 0.757. The van der Waals surface area contributed by atoms with Crippen molar-refractivity contribution in [2.24, 2.45) is 0 Å². The summed E-state index contributed by atoms with van der Waals surface area (Å²) in [4.78, 5) is 15.4. The maximum Gasteiger partial charge on any atom is 0.260 e. The average Bonchev–Trinajstić information content (AvgIpc) is 2.32. The van der Waals surface area contributed by atoms with Crippen LogP contribution < -0.4 is 5.32 Å². The molecule has 2 aromatic rings. The fraction of sp³-hybridized carbons (Fsp3) is 0. The number of phenolic OH excluding ortho intramolecular Hbond substituents is 2. The summed E-state index contributed by atoms with van der Waals surface area (Å²) in [6.07, 6.45) is 0.965. The van der Waals surface area contributed by atoms with Crippen molar-refractivity contribution in [3.8, 4) is 11.5 Å². The molecule has 0 radical (unpaired) electrons. The highest BCUT2D eigenvalue weighted by molar-refractivity contribution is 6.05. The van der Waals surface area contributed by atoms with Gasteiger partial charge in [-0.25, -0.2) is 9.37 Å². The van der Waals surface area contributed by atoms with Crippen molar-refractivity contribution in [1.29, 1.82) is 0 Å². The van der Waals surface area contributed by atoms with Gasteiger partial charge in [0.15, 0.2) is 0 Å². The van der Waals surface area contributed by atoms with Crippen LogP contribution in [0.5, 0.6) is 11.5 Å². The molecule has 0 aliphatic rings. The first-order chi connectivity index (χ1) is 8.56. The number of anilines is 1. The molecule has 1 aromatic heterocycles. The zero-order valence-electron chi connectivity index (χ0n) is 9.09. The molecule has 0 atom stereocenters. The molecule has 0 aliphatic carbocycles. The Morgan fingerprint density at radius 3 is 2.61 bits per heavy atom. The predicted molar refractivity (Wildman–Crippen MR) is 61.9 cm³/mol. The van der Waals surface area contributed by atoms with Gasteiger partial charge in [0.1, 0.15) is 23.1 Å². The Labute approximate surface area is 102 Å². The second kappa shape index (κ2) is 4.70. The van der Waals surface area contributed by atoms with Gasteiger partial charge in [0.25, 0.3) is 5.91 Å². The summed E-state index contributed by atoms with van der Waals surface area (Å²) < 4.78 is 12.6. The third-order valence-electron chi connectivity index (χ3n) is 2.19. The van der Waals surface area contributed by atoms with Crippen LogP contribution in [0.25, 0.3) is 0 Å². The van der Waals surface area contributed by atoms with Crippen LogP contribution in [-0.4, -0.2) is 21.1 Å². The summed E-state index contributed by atoms with van der Waals surface area (Å²) >= 11 is 0. The smallest absolute Gasteiger partial charge is 0.260 e. The fourth-order valence-corrected chi connectivity index (χ4v) is 1.35. The van der Waals surface area contributed by atoms with Crippen LogP contribution >= 0.6 is 0 Å². The van der Waals surface area contributed by atoms with Gasteiger partial charge < -0.3 is 15.5 Å². The van der Waals surface area contributed by atoms with Gasteiger partial charge in [-0.15, -0.1) is 0 Å². The number of aromatic nitrogens is 1. The first-order valence-corrected chi connectivity index (χ1v) is 5.01. The molecule has 3 N–H and O–H groups in total. The molecule has 92 valence electrons. The number of amides is 1. The molecular weight excluding hydrogens is 239 g/mol. The fourth-order valence-electron chi connectivity index (χ4n) is 1.35. The number of pyridine rings is 1. The second-order valence-corrected chi connectivity index (χ2v) is 3.52. The zero-order chi connectivity index (χ0) is 13.1. The summed E-state index contributed by atoms with van der Waals surface area (Å²) in [6, 6.07) is 6.03. The van der Waals surface area contributed by atoms with Crippen molar-refractivity contribution in [1.82, 2.24) is 4.98 Å². The number of nitrogens with one attached hydrogen (secondary N) is 1. The molecule has 6 heteroatoms. The van der Waals surface area contributed by atoms with E-state index >= 15 is 0 Å². The van der Waals surface area contributed by atoms with Gasteiger partial charge in [-0.05, 0) is 24.3 Å². The number of carbonyl (C=O) groups is 1. The average molecular weight is 248 g/mol. The van der Waals surface area contributed by atoms with Crippen LogP contribution in [0, 0.1) is 5.82 Å². The van der Waals surface area contributed by atoms with Crippen molar-refractivity contribution in [3.63, 3.8) is 0 Å². The standard InChI is InChI=1S/C12H9FN2O3/c13-7-1-4-11(14-6-7)15-12(18)9-3-2-8(16)5-10(9)17/h1-6,16-17H,(H,14,15,18). The minimum absolute atomic E-state index is 0.0149. The van der Waals surface area contributed by atoms with E-state index in [1.165, 1.54) is 18.2 Å². The van der Waals surface area contributed by atoms with E-state index in [1.54, 1.807) is 0 Å². The number of carbonyl (C=O) groups excluding carboxylic acids is 1. The van der Waals surface area contributed by atoms with E-state index in [-0.39, 0.29) is 22.9 Å². The highest BCUT2D eigenvalue weighted by Crippen LogP contribution is 2.23. The number of hydrogen-bond acceptors (Lipinski definition) is 4. The van der Waals surface area contributed by atoms with Crippen molar-refractivity contribution in [3.05, 3.63) is 47.9 Å². The van der Waals surface area contributed by atoms with E-state index in [2.05, 4.69) is 10.3 Å². The Morgan fingerprint density at radius 2 is 2.00 bits per heavy atom. The van der Waals surface area contributed by atoms with E-state index in [9.17, 15) is 14.3 Å². The lowest BCUT2D eigenvalue weighted by molar-refractivity contribution is 0.102. The molecule has 0 spiro atoms. The minimum atomic E-state index is -0.605. The molecule has 1 heterocycles. The van der Waals surface area contributed by atoms with Crippen LogP contribution in [0.4, 0.5) is 10.2 Å². The van der Waals surface area contributed by atoms with Gasteiger partial charge in [0.05, 0.1) is 11.8 Å². The summed E-state index contributed by atoms with van der Waals surface area (Å²) in [5, 5.41) is 21.0. The molecule has 0 fully saturated rings. The third kappa shape index (κ3) is 2.54. The monoisotopic (exact) mass is 248 g/mol. The van der Waals surface area contributed by atoms with Gasteiger partial charge in [-0.1, -0.05) is 0 Å². The van der Waals surface area contributed by atoms with Gasteiger partial charge in [-0.2, -0.15) is 0 Å². The highest BCUT2D eigenvalue weighted by atomic mass is 19.1. The van der Waals surface area contributed by atoms with Crippen LogP contribution in [0.1, 0.15) is 10.4 Å². The van der Waals surface area contributed by atoms with Crippen LogP contribution in [0.15, 0.2) is 36.5 Å². The summed E-state index contributed by atoms with van der Waals surface area (Å²) in [5.41, 5.74) is -0.0149. The lowest BCUT2D eigenvalue weighted by Crippen LogP contribution is -2.13.